The molecule has 5 aromatic carbocycles. The summed E-state index contributed by atoms with van der Waals surface area (Å²) in [7, 11) is 0. The lowest BCUT2D eigenvalue weighted by molar-refractivity contribution is -0.126. The number of piperidine rings is 1. The first-order chi connectivity index (χ1) is 32.9. The van der Waals surface area contributed by atoms with Crippen LogP contribution in [0.3, 0.4) is 0 Å². The van der Waals surface area contributed by atoms with Gasteiger partial charge in [-0.3, -0.25) is 4.79 Å². The van der Waals surface area contributed by atoms with Gasteiger partial charge in [-0.05, 0) is 72.9 Å². The summed E-state index contributed by atoms with van der Waals surface area (Å²) in [4.78, 5) is 18.1. The van der Waals surface area contributed by atoms with Crippen LogP contribution >= 0.6 is 92.8 Å². The summed E-state index contributed by atoms with van der Waals surface area (Å²) in [5.41, 5.74) is 4.14. The van der Waals surface area contributed by atoms with Crippen molar-refractivity contribution in [3.63, 3.8) is 0 Å². The predicted molar refractivity (Wildman–Crippen MR) is 302 cm³/mol. The molecule has 71 heavy (non-hydrogen) atoms. The topological polar surface area (TPSA) is 104 Å². The van der Waals surface area contributed by atoms with Crippen LogP contribution in [-0.2, 0) is 17.6 Å². The number of benzene rings is 5. The average Bonchev–Trinajstić information content (AvgIpc) is 3.36. The molecule has 0 bridgehead atoms. The first-order valence-electron chi connectivity index (χ1n) is 21.6. The highest BCUT2D eigenvalue weighted by atomic mass is 35.5. The molecule has 3 aromatic heterocycles. The second kappa shape index (κ2) is 26.3. The number of piperazine rings is 1. The van der Waals surface area contributed by atoms with Crippen molar-refractivity contribution >= 4 is 143 Å². The van der Waals surface area contributed by atoms with Gasteiger partial charge in [0.25, 0.3) is 0 Å². The SMILES string of the molecule is C.C.C.C=CC(=O)N1CCN(c2nnc(Cc3ccccc3)c3cc(Cl)c(Cl)cc23)CC1.Clc1cc2c(Cc3ccccc3)nnc(N3CCCCC3)c2cc1Cl.Clc1cc2c(Cl)nnc(Cl)c2cc1Cl. The van der Waals surface area contributed by atoms with Gasteiger partial charge in [-0.15, -0.1) is 20.4 Å². The van der Waals surface area contributed by atoms with Crippen molar-refractivity contribution in [1.29, 1.82) is 0 Å². The summed E-state index contributed by atoms with van der Waals surface area (Å²) < 4.78 is 0. The molecule has 372 valence electrons. The number of carbonyl (C=O) groups is 1. The van der Waals surface area contributed by atoms with Crippen LogP contribution in [-0.4, -0.2) is 80.7 Å². The molecule has 0 spiro atoms. The number of nitrogens with zero attached hydrogens (tertiary/aromatic N) is 9. The summed E-state index contributed by atoms with van der Waals surface area (Å²) in [6, 6.07) is 31.3. The van der Waals surface area contributed by atoms with E-state index in [0.29, 0.717) is 73.5 Å². The third-order valence-electron chi connectivity index (χ3n) is 11.6. The molecule has 18 heteroatoms. The Balaban J connectivity index is 0.000000204. The summed E-state index contributed by atoms with van der Waals surface area (Å²) in [5, 5.41) is 34.1. The maximum absolute atomic E-state index is 11.9. The number of hydrogen-bond acceptors (Lipinski definition) is 9. The number of rotatable bonds is 7. The van der Waals surface area contributed by atoms with Gasteiger partial charge in [0, 0.05) is 84.4 Å². The molecule has 2 aliphatic heterocycles. The molecule has 2 saturated heterocycles. The number of hydrogen-bond donors (Lipinski definition) is 0. The van der Waals surface area contributed by atoms with Gasteiger partial charge in [0.15, 0.2) is 21.9 Å². The predicted octanol–water partition coefficient (Wildman–Crippen LogP) is 16.0. The van der Waals surface area contributed by atoms with E-state index in [1.165, 1.54) is 30.9 Å². The van der Waals surface area contributed by atoms with Crippen molar-refractivity contribution in [3.05, 3.63) is 173 Å². The van der Waals surface area contributed by atoms with Crippen LogP contribution in [0.1, 0.15) is 64.1 Å². The molecule has 5 heterocycles. The first kappa shape index (κ1) is 57.2. The van der Waals surface area contributed by atoms with Crippen LogP contribution in [0.4, 0.5) is 11.6 Å². The second-order valence-electron chi connectivity index (χ2n) is 16.0. The molecule has 0 saturated carbocycles. The molecule has 8 aromatic rings. The van der Waals surface area contributed by atoms with Crippen LogP contribution in [0, 0.1) is 0 Å². The summed E-state index contributed by atoms with van der Waals surface area (Å²) in [6.07, 6.45) is 6.39. The third-order valence-corrected chi connectivity index (χ3v) is 14.4. The van der Waals surface area contributed by atoms with Crippen LogP contribution < -0.4 is 9.80 Å². The summed E-state index contributed by atoms with van der Waals surface area (Å²) in [6.45, 7) is 8.15. The molecule has 0 radical (unpaired) electrons. The van der Waals surface area contributed by atoms with Gasteiger partial charge in [-0.1, -0.05) is 182 Å². The third kappa shape index (κ3) is 13.7. The minimum absolute atomic E-state index is 0. The van der Waals surface area contributed by atoms with E-state index in [4.69, 9.17) is 92.8 Å². The zero-order chi connectivity index (χ0) is 47.9. The molecule has 10 nitrogen and oxygen atoms in total. The van der Waals surface area contributed by atoms with E-state index in [2.05, 4.69) is 71.2 Å². The Hall–Kier alpha value is -4.75. The maximum Gasteiger partial charge on any atom is 0.246 e. The highest BCUT2D eigenvalue weighted by Gasteiger charge is 2.24. The number of anilines is 2. The molecule has 1 amide bonds. The van der Waals surface area contributed by atoms with Crippen molar-refractivity contribution in [2.45, 2.75) is 54.4 Å². The fourth-order valence-electron chi connectivity index (χ4n) is 8.14. The lowest BCUT2D eigenvalue weighted by atomic mass is 10.0. The molecule has 2 aliphatic rings. The van der Waals surface area contributed by atoms with Crippen LogP contribution in [0.5, 0.6) is 0 Å². The molecule has 0 aliphatic carbocycles. The number of halogens is 8. The van der Waals surface area contributed by atoms with Gasteiger partial charge in [-0.25, -0.2) is 0 Å². The van der Waals surface area contributed by atoms with E-state index >= 15 is 0 Å². The zero-order valence-corrected chi connectivity index (χ0v) is 42.3. The standard InChI is InChI=1S/C22H20Cl2N4O.C20H19Cl2N3.C8H2Cl4N2.3CH4/c1-2-21(29)27-8-10-28(11-9-27)22-17-14-19(24)18(23)13-16(17)20(25-26-22)12-15-6-4-3-5-7-15;21-17-12-15-16(13-18(17)22)20(25-9-5-2-6-10-25)24-23-19(15)11-14-7-3-1-4-8-14;9-5-1-3-4(2-6(5)10)8(12)14-13-7(3)11;;;/h2-7,13-14H,1,8-12H2;1,3-4,7-8,12-13H,2,5-6,9-11H2;1-2H;3*1H4. The highest BCUT2D eigenvalue weighted by molar-refractivity contribution is 6.45. The molecular weight excluding hydrogens is 1060 g/mol. The van der Waals surface area contributed by atoms with E-state index in [-0.39, 0.29) is 38.5 Å². The minimum Gasteiger partial charge on any atom is -0.355 e. The molecule has 0 unspecified atom stereocenters. The van der Waals surface area contributed by atoms with E-state index in [0.717, 1.165) is 69.6 Å². The Morgan fingerprint density at radius 2 is 0.803 bits per heavy atom. The molecule has 10 rings (SSSR count). The van der Waals surface area contributed by atoms with Gasteiger partial charge in [0.1, 0.15) is 0 Å². The quantitative estimate of drug-likeness (QED) is 0.144. The Bertz CT molecular complexity index is 3070. The number of fused-ring (bicyclic) bond motifs is 3. The lowest BCUT2D eigenvalue weighted by Crippen LogP contribution is -2.48. The van der Waals surface area contributed by atoms with Crippen LogP contribution in [0.25, 0.3) is 32.3 Å². The molecule has 0 N–H and O–H groups in total. The summed E-state index contributed by atoms with van der Waals surface area (Å²) in [5.74, 6) is 1.64. The fraction of sp³-hybridized carbons (Fsp3) is 0.264. The second-order valence-corrected chi connectivity index (χ2v) is 19.2. The fourth-order valence-corrected chi connectivity index (χ4v) is 9.51. The van der Waals surface area contributed by atoms with E-state index in [9.17, 15) is 4.79 Å². The Labute approximate surface area is 455 Å². The largest absolute Gasteiger partial charge is 0.355 e. The Morgan fingerprint density at radius 1 is 0.451 bits per heavy atom. The van der Waals surface area contributed by atoms with E-state index in [1.54, 1.807) is 17.0 Å². The van der Waals surface area contributed by atoms with Crippen molar-refractivity contribution in [2.24, 2.45) is 0 Å². The van der Waals surface area contributed by atoms with Crippen molar-refractivity contribution in [1.82, 2.24) is 35.5 Å². The zero-order valence-electron chi connectivity index (χ0n) is 36.3. The van der Waals surface area contributed by atoms with Crippen LogP contribution in [0.2, 0.25) is 40.4 Å². The number of aromatic nitrogens is 6. The Kier molecular flexibility index (Phi) is 21.2. The van der Waals surface area contributed by atoms with Gasteiger partial charge >= 0.3 is 0 Å². The monoisotopic (exact) mass is 1110 g/mol. The Morgan fingerprint density at radius 3 is 1.18 bits per heavy atom. The number of amides is 1. The average molecular weight is 1120 g/mol. The van der Waals surface area contributed by atoms with Crippen LogP contribution in [0.15, 0.2) is 110 Å². The maximum atomic E-state index is 11.9. The highest BCUT2D eigenvalue weighted by Crippen LogP contribution is 2.37. The summed E-state index contributed by atoms with van der Waals surface area (Å²) >= 11 is 48.6. The van der Waals surface area contributed by atoms with Crippen molar-refractivity contribution in [3.8, 4) is 0 Å². The van der Waals surface area contributed by atoms with Gasteiger partial charge < -0.3 is 14.7 Å². The van der Waals surface area contributed by atoms with E-state index < -0.39 is 0 Å². The molecular formula is C53H53Cl8N9O. The van der Waals surface area contributed by atoms with Gasteiger partial charge in [-0.2, -0.15) is 10.2 Å². The first-order valence-corrected chi connectivity index (χ1v) is 24.6. The normalized spacial score (nSPS) is 13.2. The van der Waals surface area contributed by atoms with Crippen molar-refractivity contribution in [2.75, 3.05) is 49.1 Å². The minimum atomic E-state index is -0.0476. The van der Waals surface area contributed by atoms with Gasteiger partial charge in [0.2, 0.25) is 5.91 Å². The lowest BCUT2D eigenvalue weighted by Gasteiger charge is -2.35. The molecule has 2 fully saturated rings. The smallest absolute Gasteiger partial charge is 0.246 e. The van der Waals surface area contributed by atoms with E-state index in [1.807, 2.05) is 60.7 Å². The number of carbonyl (C=O) groups excluding carboxylic acids is 1. The van der Waals surface area contributed by atoms with Gasteiger partial charge in [0.05, 0.1) is 41.5 Å². The van der Waals surface area contributed by atoms with Crippen molar-refractivity contribution < 1.29 is 4.79 Å². The molecule has 0 atom stereocenters.